The molecule has 0 heterocycles. The third kappa shape index (κ3) is 5.65. The highest BCUT2D eigenvalue weighted by Crippen LogP contribution is 2.35. The standard InChI is InChI=1S/C16H30N2O3/c1-2-13(6-7-14(19)20)8-11-18-15(21)16(12-17)9-4-3-5-10-16/h13H,2-12,17H2,1H3,(H,18,21)(H,19,20). The maximum atomic E-state index is 12.4. The van der Waals surface area contributed by atoms with Crippen LogP contribution in [0.2, 0.25) is 0 Å². The van der Waals surface area contributed by atoms with Gasteiger partial charge < -0.3 is 16.2 Å². The Hall–Kier alpha value is -1.10. The van der Waals surface area contributed by atoms with E-state index in [0.717, 1.165) is 38.5 Å². The fourth-order valence-corrected chi connectivity index (χ4v) is 3.21. The number of carboxylic acid groups (broad SMARTS) is 1. The Morgan fingerprint density at radius 3 is 2.43 bits per heavy atom. The summed E-state index contributed by atoms with van der Waals surface area (Å²) in [6.07, 6.45) is 7.84. The summed E-state index contributed by atoms with van der Waals surface area (Å²) >= 11 is 0. The van der Waals surface area contributed by atoms with Crippen molar-refractivity contribution < 1.29 is 14.7 Å². The molecule has 5 heteroatoms. The summed E-state index contributed by atoms with van der Waals surface area (Å²) in [6, 6.07) is 0. The zero-order valence-electron chi connectivity index (χ0n) is 13.2. The molecule has 1 rings (SSSR count). The fourth-order valence-electron chi connectivity index (χ4n) is 3.21. The molecule has 0 aromatic rings. The molecule has 122 valence electrons. The number of carboxylic acids is 1. The van der Waals surface area contributed by atoms with Gasteiger partial charge in [-0.3, -0.25) is 9.59 Å². The van der Waals surface area contributed by atoms with E-state index in [1.807, 2.05) is 0 Å². The molecule has 1 aliphatic rings. The van der Waals surface area contributed by atoms with Crippen molar-refractivity contribution in [3.63, 3.8) is 0 Å². The van der Waals surface area contributed by atoms with E-state index in [-0.39, 0.29) is 17.7 Å². The highest BCUT2D eigenvalue weighted by atomic mass is 16.4. The summed E-state index contributed by atoms with van der Waals surface area (Å²) in [5, 5.41) is 11.8. The topological polar surface area (TPSA) is 92.4 Å². The van der Waals surface area contributed by atoms with Crippen LogP contribution in [0.25, 0.3) is 0 Å². The lowest BCUT2D eigenvalue weighted by atomic mass is 9.73. The molecule has 5 nitrogen and oxygen atoms in total. The number of amides is 1. The molecule has 1 fully saturated rings. The largest absolute Gasteiger partial charge is 0.481 e. The van der Waals surface area contributed by atoms with E-state index in [4.69, 9.17) is 10.8 Å². The van der Waals surface area contributed by atoms with Crippen molar-refractivity contribution in [2.24, 2.45) is 17.1 Å². The minimum Gasteiger partial charge on any atom is -0.481 e. The smallest absolute Gasteiger partial charge is 0.303 e. The normalized spacial score (nSPS) is 19.0. The van der Waals surface area contributed by atoms with Gasteiger partial charge in [0.15, 0.2) is 0 Å². The molecule has 1 amide bonds. The first-order valence-electron chi connectivity index (χ1n) is 8.24. The molecule has 1 aliphatic carbocycles. The highest BCUT2D eigenvalue weighted by Gasteiger charge is 2.37. The van der Waals surface area contributed by atoms with Gasteiger partial charge in [-0.1, -0.05) is 32.6 Å². The van der Waals surface area contributed by atoms with E-state index in [0.29, 0.717) is 25.4 Å². The maximum absolute atomic E-state index is 12.4. The van der Waals surface area contributed by atoms with Crippen LogP contribution in [0.1, 0.15) is 64.7 Å². The first kappa shape index (κ1) is 18.0. The molecule has 4 N–H and O–H groups in total. The van der Waals surface area contributed by atoms with Crippen LogP contribution in [0.3, 0.4) is 0 Å². The lowest BCUT2D eigenvalue weighted by Crippen LogP contribution is -2.47. The zero-order valence-corrected chi connectivity index (χ0v) is 13.2. The Bertz CT molecular complexity index is 338. The zero-order chi connectivity index (χ0) is 15.7. The summed E-state index contributed by atoms with van der Waals surface area (Å²) in [5.41, 5.74) is 5.49. The number of nitrogens with one attached hydrogen (secondary N) is 1. The fraction of sp³-hybridized carbons (Fsp3) is 0.875. The molecule has 0 bridgehead atoms. The lowest BCUT2D eigenvalue weighted by molar-refractivity contribution is -0.137. The van der Waals surface area contributed by atoms with Crippen LogP contribution in [-0.2, 0) is 9.59 Å². The van der Waals surface area contributed by atoms with Crippen LogP contribution in [0.15, 0.2) is 0 Å². The Morgan fingerprint density at radius 2 is 1.90 bits per heavy atom. The quantitative estimate of drug-likeness (QED) is 0.609. The van der Waals surface area contributed by atoms with Gasteiger partial charge in [-0.15, -0.1) is 0 Å². The van der Waals surface area contributed by atoms with Crippen LogP contribution < -0.4 is 11.1 Å². The van der Waals surface area contributed by atoms with E-state index >= 15 is 0 Å². The minimum atomic E-state index is -0.748. The molecular weight excluding hydrogens is 268 g/mol. The second-order valence-corrected chi connectivity index (χ2v) is 6.30. The van der Waals surface area contributed by atoms with E-state index < -0.39 is 5.97 Å². The third-order valence-corrected chi connectivity index (χ3v) is 4.87. The van der Waals surface area contributed by atoms with Crippen LogP contribution in [0.5, 0.6) is 0 Å². The first-order chi connectivity index (χ1) is 10.0. The molecule has 0 aliphatic heterocycles. The summed E-state index contributed by atoms with van der Waals surface area (Å²) in [4.78, 5) is 23.0. The summed E-state index contributed by atoms with van der Waals surface area (Å²) in [7, 11) is 0. The van der Waals surface area contributed by atoms with Crippen molar-refractivity contribution in [2.75, 3.05) is 13.1 Å². The predicted molar refractivity (Wildman–Crippen MR) is 82.8 cm³/mol. The molecule has 21 heavy (non-hydrogen) atoms. The molecule has 0 aromatic carbocycles. The Morgan fingerprint density at radius 1 is 1.24 bits per heavy atom. The van der Waals surface area contributed by atoms with Crippen molar-refractivity contribution in [1.29, 1.82) is 0 Å². The lowest BCUT2D eigenvalue weighted by Gasteiger charge is -2.34. The molecule has 0 spiro atoms. The molecule has 0 aromatic heterocycles. The number of hydrogen-bond acceptors (Lipinski definition) is 3. The maximum Gasteiger partial charge on any atom is 0.303 e. The summed E-state index contributed by atoms with van der Waals surface area (Å²) in [6.45, 7) is 3.12. The molecule has 0 radical (unpaired) electrons. The van der Waals surface area contributed by atoms with Gasteiger partial charge in [-0.05, 0) is 31.6 Å². The monoisotopic (exact) mass is 298 g/mol. The van der Waals surface area contributed by atoms with Crippen molar-refractivity contribution in [3.8, 4) is 0 Å². The number of aliphatic carboxylic acids is 1. The summed E-state index contributed by atoms with van der Waals surface area (Å²) in [5.74, 6) is -0.291. The Balaban J connectivity index is 2.35. The van der Waals surface area contributed by atoms with Crippen molar-refractivity contribution >= 4 is 11.9 Å². The van der Waals surface area contributed by atoms with Crippen molar-refractivity contribution in [2.45, 2.75) is 64.7 Å². The first-order valence-corrected chi connectivity index (χ1v) is 8.24. The van der Waals surface area contributed by atoms with Crippen LogP contribution in [0, 0.1) is 11.3 Å². The molecule has 1 atom stereocenters. The number of carbonyl (C=O) groups is 2. The molecule has 0 saturated heterocycles. The van der Waals surface area contributed by atoms with Crippen LogP contribution in [0.4, 0.5) is 0 Å². The van der Waals surface area contributed by atoms with Crippen molar-refractivity contribution in [1.82, 2.24) is 5.32 Å². The second-order valence-electron chi connectivity index (χ2n) is 6.30. The average Bonchev–Trinajstić information content (AvgIpc) is 2.50. The van der Waals surface area contributed by atoms with E-state index in [1.54, 1.807) is 0 Å². The van der Waals surface area contributed by atoms with E-state index in [2.05, 4.69) is 12.2 Å². The number of hydrogen-bond donors (Lipinski definition) is 3. The number of carbonyl (C=O) groups excluding carboxylic acids is 1. The van der Waals surface area contributed by atoms with Crippen molar-refractivity contribution in [3.05, 3.63) is 0 Å². The van der Waals surface area contributed by atoms with Crippen LogP contribution in [-0.4, -0.2) is 30.1 Å². The Kier molecular flexibility index (Phi) is 7.72. The number of nitrogens with two attached hydrogens (primary N) is 1. The van der Waals surface area contributed by atoms with Gasteiger partial charge in [0, 0.05) is 19.5 Å². The summed E-state index contributed by atoms with van der Waals surface area (Å²) < 4.78 is 0. The predicted octanol–water partition coefficient (Wildman–Crippen LogP) is 2.29. The molecule has 1 saturated carbocycles. The third-order valence-electron chi connectivity index (χ3n) is 4.87. The van der Waals surface area contributed by atoms with Gasteiger partial charge >= 0.3 is 5.97 Å². The van der Waals surface area contributed by atoms with Gasteiger partial charge in [0.1, 0.15) is 0 Å². The van der Waals surface area contributed by atoms with Gasteiger partial charge in [0.05, 0.1) is 5.41 Å². The Labute approximate surface area is 127 Å². The minimum absolute atomic E-state index is 0.0952. The average molecular weight is 298 g/mol. The SMILES string of the molecule is CCC(CCNC(=O)C1(CN)CCCCC1)CCC(=O)O. The van der Waals surface area contributed by atoms with Gasteiger partial charge in [0.25, 0.3) is 0 Å². The van der Waals surface area contributed by atoms with E-state index in [9.17, 15) is 9.59 Å². The van der Waals surface area contributed by atoms with Gasteiger partial charge in [-0.2, -0.15) is 0 Å². The van der Waals surface area contributed by atoms with E-state index in [1.165, 1.54) is 6.42 Å². The molecule has 1 unspecified atom stereocenters. The number of rotatable bonds is 9. The van der Waals surface area contributed by atoms with Gasteiger partial charge in [0.2, 0.25) is 5.91 Å². The van der Waals surface area contributed by atoms with Gasteiger partial charge in [-0.25, -0.2) is 0 Å². The second kappa shape index (κ2) is 9.03. The highest BCUT2D eigenvalue weighted by molar-refractivity contribution is 5.83. The molecular formula is C16H30N2O3. The van der Waals surface area contributed by atoms with Crippen LogP contribution >= 0.6 is 0 Å².